The number of fused-ring (bicyclic) bond motifs is 1. The second-order valence-electron chi connectivity index (χ2n) is 4.89. The fourth-order valence-corrected chi connectivity index (χ4v) is 2.21. The van der Waals surface area contributed by atoms with E-state index < -0.39 is 5.97 Å². The van der Waals surface area contributed by atoms with Crippen molar-refractivity contribution >= 4 is 22.9 Å². The van der Waals surface area contributed by atoms with Crippen LogP contribution >= 0.6 is 0 Å². The lowest BCUT2D eigenvalue weighted by molar-refractivity contribution is 0.0517. The molecule has 0 saturated carbocycles. The van der Waals surface area contributed by atoms with E-state index >= 15 is 0 Å². The molecule has 0 radical (unpaired) electrons. The quantitative estimate of drug-likeness (QED) is 0.724. The molecule has 118 valence electrons. The molecule has 0 bridgehead atoms. The summed E-state index contributed by atoms with van der Waals surface area (Å²) in [5.74, 6) is 0.474. The number of carbonyl (C=O) groups excluding carboxylic acids is 1. The van der Waals surface area contributed by atoms with E-state index in [0.717, 1.165) is 5.56 Å². The molecule has 1 aromatic carbocycles. The van der Waals surface area contributed by atoms with Gasteiger partial charge in [-0.2, -0.15) is 4.98 Å². The number of benzene rings is 1. The van der Waals surface area contributed by atoms with Crippen LogP contribution in [0.5, 0.6) is 0 Å². The third-order valence-corrected chi connectivity index (χ3v) is 3.22. The minimum absolute atomic E-state index is 0.0809. The monoisotopic (exact) mass is 312 g/mol. The third kappa shape index (κ3) is 3.13. The predicted molar refractivity (Wildman–Crippen MR) is 84.1 cm³/mol. The van der Waals surface area contributed by atoms with Gasteiger partial charge in [-0.1, -0.05) is 35.5 Å². The molecule has 0 aliphatic rings. The van der Waals surface area contributed by atoms with Gasteiger partial charge in [0.05, 0.1) is 6.61 Å². The minimum Gasteiger partial charge on any atom is -0.461 e. The maximum absolute atomic E-state index is 12.0. The van der Waals surface area contributed by atoms with Gasteiger partial charge in [-0.25, -0.2) is 9.78 Å². The van der Waals surface area contributed by atoms with Gasteiger partial charge in [0.1, 0.15) is 17.0 Å². The van der Waals surface area contributed by atoms with Crippen molar-refractivity contribution in [3.8, 4) is 0 Å². The van der Waals surface area contributed by atoms with E-state index in [1.54, 1.807) is 13.8 Å². The molecule has 0 spiro atoms. The topological polar surface area (TPSA) is 90.1 Å². The molecule has 1 N–H and O–H groups in total. The number of hydrogen-bond donors (Lipinski definition) is 1. The molecular formula is C16H16N4O3. The third-order valence-electron chi connectivity index (χ3n) is 3.22. The van der Waals surface area contributed by atoms with Crippen molar-refractivity contribution in [1.29, 1.82) is 0 Å². The number of hydrogen-bond acceptors (Lipinski definition) is 7. The number of nitrogens with one attached hydrogen (secondary N) is 1. The van der Waals surface area contributed by atoms with E-state index in [4.69, 9.17) is 9.26 Å². The Labute approximate surface area is 132 Å². The highest BCUT2D eigenvalue weighted by atomic mass is 16.5. The Kier molecular flexibility index (Phi) is 4.18. The lowest BCUT2D eigenvalue weighted by atomic mass is 10.2. The molecule has 0 aliphatic heterocycles. The summed E-state index contributed by atoms with van der Waals surface area (Å²) in [6, 6.07) is 9.87. The smallest absolute Gasteiger partial charge is 0.361 e. The van der Waals surface area contributed by atoms with Gasteiger partial charge in [0, 0.05) is 6.54 Å². The van der Waals surface area contributed by atoms with Gasteiger partial charge in [-0.3, -0.25) is 0 Å². The average Bonchev–Trinajstić information content (AvgIpc) is 2.97. The Balaban J connectivity index is 1.97. The van der Waals surface area contributed by atoms with Crippen LogP contribution in [-0.4, -0.2) is 27.7 Å². The molecule has 2 heterocycles. The van der Waals surface area contributed by atoms with Crippen LogP contribution in [-0.2, 0) is 11.3 Å². The summed E-state index contributed by atoms with van der Waals surface area (Å²) in [6.07, 6.45) is 0. The molecule has 7 nitrogen and oxygen atoms in total. The normalized spacial score (nSPS) is 10.7. The Bertz CT molecular complexity index is 830. The van der Waals surface area contributed by atoms with Crippen molar-refractivity contribution in [3.63, 3.8) is 0 Å². The van der Waals surface area contributed by atoms with E-state index in [-0.39, 0.29) is 18.0 Å². The summed E-state index contributed by atoms with van der Waals surface area (Å²) in [7, 11) is 0. The Hall–Kier alpha value is -2.96. The van der Waals surface area contributed by atoms with E-state index in [0.29, 0.717) is 23.6 Å². The highest BCUT2D eigenvalue weighted by molar-refractivity contribution is 6.04. The summed E-state index contributed by atoms with van der Waals surface area (Å²) in [5.41, 5.74) is 1.43. The maximum Gasteiger partial charge on any atom is 0.361 e. The lowest BCUT2D eigenvalue weighted by Crippen LogP contribution is -2.08. The fraction of sp³-hybridized carbons (Fsp3) is 0.250. The minimum atomic E-state index is -0.554. The molecule has 3 rings (SSSR count). The van der Waals surface area contributed by atoms with Crippen LogP contribution in [0.2, 0.25) is 0 Å². The van der Waals surface area contributed by atoms with Crippen LogP contribution in [0.1, 0.15) is 28.8 Å². The van der Waals surface area contributed by atoms with E-state index in [1.165, 1.54) is 0 Å². The Morgan fingerprint density at radius 1 is 1.26 bits per heavy atom. The lowest BCUT2D eigenvalue weighted by Gasteiger charge is -2.07. The summed E-state index contributed by atoms with van der Waals surface area (Å²) < 4.78 is 10.1. The summed E-state index contributed by atoms with van der Waals surface area (Å²) in [6.45, 7) is 4.29. The number of carbonyl (C=O) groups is 1. The molecule has 0 saturated heterocycles. The van der Waals surface area contributed by atoms with Gasteiger partial charge in [-0.05, 0) is 19.4 Å². The summed E-state index contributed by atoms with van der Waals surface area (Å²) in [4.78, 5) is 20.5. The molecule has 0 unspecified atom stereocenters. The van der Waals surface area contributed by atoms with Crippen LogP contribution in [0.15, 0.2) is 34.9 Å². The first kappa shape index (κ1) is 15.0. The van der Waals surface area contributed by atoms with Crippen LogP contribution < -0.4 is 5.32 Å². The van der Waals surface area contributed by atoms with Crippen LogP contribution in [0.4, 0.5) is 5.82 Å². The molecule has 0 atom stereocenters. The SMILES string of the molecule is CCOC(=O)c1noc2nc(C)nc(NCc3ccccc3)c12. The van der Waals surface area contributed by atoms with Gasteiger partial charge in [0.25, 0.3) is 5.71 Å². The maximum atomic E-state index is 12.0. The van der Waals surface area contributed by atoms with E-state index in [1.807, 2.05) is 30.3 Å². The molecule has 0 aliphatic carbocycles. The van der Waals surface area contributed by atoms with Gasteiger partial charge < -0.3 is 14.6 Å². The standard InChI is InChI=1S/C16H16N4O3/c1-3-22-16(21)13-12-14(17-9-11-7-5-4-6-8-11)18-10(2)19-15(12)23-20-13/h4-8H,3,9H2,1-2H3,(H,17,18,19). The second-order valence-corrected chi connectivity index (χ2v) is 4.89. The number of aromatic nitrogens is 3. The number of nitrogens with zero attached hydrogens (tertiary/aromatic N) is 3. The van der Waals surface area contributed by atoms with Gasteiger partial charge >= 0.3 is 5.97 Å². The number of aryl methyl sites for hydroxylation is 1. The molecule has 2 aromatic heterocycles. The van der Waals surface area contributed by atoms with Crippen LogP contribution in [0, 0.1) is 6.92 Å². The first-order valence-electron chi connectivity index (χ1n) is 7.28. The van der Waals surface area contributed by atoms with Crippen molar-refractivity contribution in [3.05, 3.63) is 47.4 Å². The zero-order valence-corrected chi connectivity index (χ0v) is 12.9. The number of esters is 1. The highest BCUT2D eigenvalue weighted by Gasteiger charge is 2.22. The van der Waals surface area contributed by atoms with Crippen LogP contribution in [0.3, 0.4) is 0 Å². The first-order valence-corrected chi connectivity index (χ1v) is 7.28. The highest BCUT2D eigenvalue weighted by Crippen LogP contribution is 2.25. The molecule has 0 fully saturated rings. The van der Waals surface area contributed by atoms with Crippen molar-refractivity contribution in [2.75, 3.05) is 11.9 Å². The summed E-state index contributed by atoms with van der Waals surface area (Å²) >= 11 is 0. The van der Waals surface area contributed by atoms with Crippen molar-refractivity contribution < 1.29 is 14.1 Å². The number of anilines is 1. The molecule has 3 aromatic rings. The molecular weight excluding hydrogens is 296 g/mol. The van der Waals surface area contributed by atoms with Gasteiger partial charge in [0.15, 0.2) is 0 Å². The molecule has 0 amide bonds. The van der Waals surface area contributed by atoms with Crippen LogP contribution in [0.25, 0.3) is 11.1 Å². The number of ether oxygens (including phenoxy) is 1. The first-order chi connectivity index (χ1) is 11.2. The predicted octanol–water partition coefficient (Wildman–Crippen LogP) is 2.72. The van der Waals surface area contributed by atoms with Gasteiger partial charge in [-0.15, -0.1) is 0 Å². The van der Waals surface area contributed by atoms with Crippen molar-refractivity contribution in [1.82, 2.24) is 15.1 Å². The fourth-order valence-electron chi connectivity index (χ4n) is 2.21. The molecule has 23 heavy (non-hydrogen) atoms. The zero-order chi connectivity index (χ0) is 16.2. The summed E-state index contributed by atoms with van der Waals surface area (Å²) in [5, 5.41) is 7.42. The Morgan fingerprint density at radius 3 is 2.78 bits per heavy atom. The van der Waals surface area contributed by atoms with Gasteiger partial charge in [0.2, 0.25) is 5.69 Å². The van der Waals surface area contributed by atoms with Crippen molar-refractivity contribution in [2.24, 2.45) is 0 Å². The molecule has 7 heteroatoms. The number of rotatable bonds is 5. The Morgan fingerprint density at radius 2 is 2.04 bits per heavy atom. The average molecular weight is 312 g/mol. The largest absolute Gasteiger partial charge is 0.461 e. The van der Waals surface area contributed by atoms with E-state index in [9.17, 15) is 4.79 Å². The van der Waals surface area contributed by atoms with E-state index in [2.05, 4.69) is 20.4 Å². The second kappa shape index (κ2) is 6.43. The zero-order valence-electron chi connectivity index (χ0n) is 12.9. The van der Waals surface area contributed by atoms with Crippen molar-refractivity contribution in [2.45, 2.75) is 20.4 Å².